The molecule has 1 saturated carbocycles. The van der Waals surface area contributed by atoms with E-state index in [1.54, 1.807) is 24.3 Å². The molecule has 0 radical (unpaired) electrons. The van der Waals surface area contributed by atoms with Gasteiger partial charge in [0.25, 0.3) is 0 Å². The van der Waals surface area contributed by atoms with Crippen LogP contribution in [0, 0.1) is 11.6 Å². The number of hydrogen-bond acceptors (Lipinski definition) is 3. The normalized spacial score (nSPS) is 15.1. The van der Waals surface area contributed by atoms with Gasteiger partial charge >= 0.3 is 6.61 Å². The summed E-state index contributed by atoms with van der Waals surface area (Å²) in [7, 11) is 0. The SMILES string of the molecule is Fc1cc2nc(/C=C/c3cccc(OC(F)F)c3OC3CCCC3)[nH]c2cc1F. The zero-order valence-electron chi connectivity index (χ0n) is 15.3. The summed E-state index contributed by atoms with van der Waals surface area (Å²) in [4.78, 5) is 7.07. The Labute approximate surface area is 164 Å². The van der Waals surface area contributed by atoms with E-state index in [1.165, 1.54) is 6.07 Å². The number of aromatic nitrogens is 2. The van der Waals surface area contributed by atoms with Gasteiger partial charge in [0.2, 0.25) is 0 Å². The molecule has 1 heterocycles. The number of nitrogens with zero attached hydrogens (tertiary/aromatic N) is 1. The summed E-state index contributed by atoms with van der Waals surface area (Å²) in [6.45, 7) is -2.97. The fourth-order valence-corrected chi connectivity index (χ4v) is 3.42. The molecule has 3 aromatic rings. The van der Waals surface area contributed by atoms with Gasteiger partial charge in [0, 0.05) is 17.7 Å². The van der Waals surface area contributed by atoms with E-state index in [1.807, 2.05) is 0 Å². The number of aromatic amines is 1. The highest BCUT2D eigenvalue weighted by Crippen LogP contribution is 2.36. The van der Waals surface area contributed by atoms with E-state index in [9.17, 15) is 17.6 Å². The zero-order chi connectivity index (χ0) is 20.4. The van der Waals surface area contributed by atoms with Crippen LogP contribution in [0.1, 0.15) is 37.1 Å². The molecule has 0 unspecified atom stereocenters. The van der Waals surface area contributed by atoms with Crippen molar-refractivity contribution in [1.29, 1.82) is 0 Å². The average molecular weight is 406 g/mol. The number of hydrogen-bond donors (Lipinski definition) is 1. The third-order valence-electron chi connectivity index (χ3n) is 4.78. The Morgan fingerprint density at radius 3 is 2.59 bits per heavy atom. The van der Waals surface area contributed by atoms with E-state index >= 15 is 0 Å². The first-order valence-electron chi connectivity index (χ1n) is 9.27. The lowest BCUT2D eigenvalue weighted by molar-refractivity contribution is -0.0520. The first-order chi connectivity index (χ1) is 14.0. The topological polar surface area (TPSA) is 47.1 Å². The molecule has 1 aliphatic rings. The van der Waals surface area contributed by atoms with Crippen molar-refractivity contribution in [3.05, 3.63) is 53.4 Å². The average Bonchev–Trinajstić information content (AvgIpc) is 3.31. The summed E-state index contributed by atoms with van der Waals surface area (Å²) in [6.07, 6.45) is 6.92. The van der Waals surface area contributed by atoms with E-state index in [-0.39, 0.29) is 23.1 Å². The van der Waals surface area contributed by atoms with Gasteiger partial charge in [-0.15, -0.1) is 0 Å². The molecule has 152 valence electrons. The van der Waals surface area contributed by atoms with E-state index < -0.39 is 18.2 Å². The number of rotatable bonds is 6. The number of benzene rings is 2. The Kier molecular flexibility index (Phi) is 5.42. The number of para-hydroxylation sites is 1. The van der Waals surface area contributed by atoms with Gasteiger partial charge in [-0.3, -0.25) is 0 Å². The molecule has 1 aliphatic carbocycles. The van der Waals surface area contributed by atoms with Gasteiger partial charge in [0.05, 0.1) is 17.1 Å². The first-order valence-corrected chi connectivity index (χ1v) is 9.27. The van der Waals surface area contributed by atoms with E-state index in [0.717, 1.165) is 37.8 Å². The van der Waals surface area contributed by atoms with Crippen LogP contribution in [0.4, 0.5) is 17.6 Å². The second-order valence-corrected chi connectivity index (χ2v) is 6.82. The van der Waals surface area contributed by atoms with Gasteiger partial charge in [-0.25, -0.2) is 13.8 Å². The molecule has 29 heavy (non-hydrogen) atoms. The van der Waals surface area contributed by atoms with Gasteiger partial charge in [-0.05, 0) is 43.9 Å². The van der Waals surface area contributed by atoms with Crippen molar-refractivity contribution in [3.63, 3.8) is 0 Å². The second kappa shape index (κ2) is 8.14. The van der Waals surface area contributed by atoms with Gasteiger partial charge in [-0.2, -0.15) is 8.78 Å². The fraction of sp³-hybridized carbons (Fsp3) is 0.286. The third-order valence-corrected chi connectivity index (χ3v) is 4.78. The molecule has 0 atom stereocenters. The summed E-state index contributed by atoms with van der Waals surface area (Å²) < 4.78 is 63.0. The van der Waals surface area contributed by atoms with Crippen LogP contribution >= 0.6 is 0 Å². The number of nitrogens with one attached hydrogen (secondary N) is 1. The van der Waals surface area contributed by atoms with Gasteiger partial charge in [0.15, 0.2) is 23.1 Å². The molecule has 0 saturated heterocycles. The standard InChI is InChI=1S/C21H18F4N2O2/c22-14-10-16-17(11-15(14)23)27-19(26-16)9-8-12-4-3-7-18(29-21(24)25)20(12)28-13-5-1-2-6-13/h3-4,7-11,13,21H,1-2,5-6H2,(H,26,27)/b9-8+. The highest BCUT2D eigenvalue weighted by Gasteiger charge is 2.21. The Morgan fingerprint density at radius 1 is 1.07 bits per heavy atom. The molecule has 4 rings (SSSR count). The van der Waals surface area contributed by atoms with Crippen molar-refractivity contribution in [1.82, 2.24) is 9.97 Å². The predicted octanol–water partition coefficient (Wildman–Crippen LogP) is 5.93. The maximum Gasteiger partial charge on any atom is 0.387 e. The predicted molar refractivity (Wildman–Crippen MR) is 101 cm³/mol. The lowest BCUT2D eigenvalue weighted by atomic mass is 10.1. The van der Waals surface area contributed by atoms with Crippen LogP contribution in [0.5, 0.6) is 11.5 Å². The Hall–Kier alpha value is -3.03. The maximum absolute atomic E-state index is 13.4. The Balaban J connectivity index is 1.66. The lowest BCUT2D eigenvalue weighted by Gasteiger charge is -2.18. The number of alkyl halides is 2. The van der Waals surface area contributed by atoms with Gasteiger partial charge < -0.3 is 14.5 Å². The Morgan fingerprint density at radius 2 is 1.83 bits per heavy atom. The van der Waals surface area contributed by atoms with Gasteiger partial charge in [-0.1, -0.05) is 12.1 Å². The van der Waals surface area contributed by atoms with Crippen molar-refractivity contribution in [2.24, 2.45) is 0 Å². The van der Waals surface area contributed by atoms with E-state index in [0.29, 0.717) is 16.9 Å². The van der Waals surface area contributed by atoms with Crippen LogP contribution in [0.2, 0.25) is 0 Å². The largest absolute Gasteiger partial charge is 0.486 e. The Bertz CT molecular complexity index is 1000. The zero-order valence-corrected chi connectivity index (χ0v) is 15.3. The van der Waals surface area contributed by atoms with E-state index in [4.69, 9.17) is 4.74 Å². The molecular weight excluding hydrogens is 388 g/mol. The van der Waals surface area contributed by atoms with Crippen LogP contribution in [-0.4, -0.2) is 22.7 Å². The van der Waals surface area contributed by atoms with Crippen molar-refractivity contribution < 1.29 is 27.0 Å². The summed E-state index contributed by atoms with van der Waals surface area (Å²) >= 11 is 0. The summed E-state index contributed by atoms with van der Waals surface area (Å²) in [6, 6.07) is 6.76. The van der Waals surface area contributed by atoms with Crippen LogP contribution in [-0.2, 0) is 0 Å². The molecule has 1 aromatic heterocycles. The highest BCUT2D eigenvalue weighted by atomic mass is 19.3. The smallest absolute Gasteiger partial charge is 0.387 e. The monoisotopic (exact) mass is 406 g/mol. The molecule has 1 N–H and O–H groups in total. The van der Waals surface area contributed by atoms with Crippen molar-refractivity contribution in [2.75, 3.05) is 0 Å². The highest BCUT2D eigenvalue weighted by molar-refractivity contribution is 5.80. The summed E-state index contributed by atoms with van der Waals surface area (Å²) in [5.41, 5.74) is 1.16. The molecule has 1 fully saturated rings. The second-order valence-electron chi connectivity index (χ2n) is 6.82. The molecule has 0 amide bonds. The molecule has 8 heteroatoms. The number of imidazole rings is 1. The van der Waals surface area contributed by atoms with Crippen LogP contribution < -0.4 is 9.47 Å². The minimum Gasteiger partial charge on any atom is -0.486 e. The quantitative estimate of drug-likeness (QED) is 0.516. The number of halogens is 4. The van der Waals surface area contributed by atoms with Gasteiger partial charge in [0.1, 0.15) is 5.82 Å². The first kappa shape index (κ1) is 19.3. The number of fused-ring (bicyclic) bond motifs is 1. The number of ether oxygens (including phenoxy) is 2. The minimum absolute atomic E-state index is 0.0391. The summed E-state index contributed by atoms with van der Waals surface area (Å²) in [5, 5.41) is 0. The lowest BCUT2D eigenvalue weighted by Crippen LogP contribution is -2.13. The van der Waals surface area contributed by atoms with Crippen LogP contribution in [0.15, 0.2) is 30.3 Å². The van der Waals surface area contributed by atoms with Crippen molar-refractivity contribution in [3.8, 4) is 11.5 Å². The summed E-state index contributed by atoms with van der Waals surface area (Å²) in [5.74, 6) is -1.40. The number of H-pyrrole nitrogens is 1. The minimum atomic E-state index is -2.97. The van der Waals surface area contributed by atoms with Crippen molar-refractivity contribution >= 4 is 23.2 Å². The third kappa shape index (κ3) is 4.36. The fourth-order valence-electron chi connectivity index (χ4n) is 3.42. The molecule has 0 aliphatic heterocycles. The molecule has 4 nitrogen and oxygen atoms in total. The maximum atomic E-state index is 13.4. The van der Waals surface area contributed by atoms with Crippen LogP contribution in [0.25, 0.3) is 23.2 Å². The molecule has 0 spiro atoms. The molecule has 2 aromatic carbocycles. The molecule has 0 bridgehead atoms. The van der Waals surface area contributed by atoms with Crippen molar-refractivity contribution in [2.45, 2.75) is 38.4 Å². The van der Waals surface area contributed by atoms with Crippen LogP contribution in [0.3, 0.4) is 0 Å². The van der Waals surface area contributed by atoms with E-state index in [2.05, 4.69) is 14.7 Å². The molecular formula is C21H18F4N2O2.